The summed E-state index contributed by atoms with van der Waals surface area (Å²) >= 11 is 5.84. The maximum Gasteiger partial charge on any atom is 0.258 e. The number of ether oxygens (including phenoxy) is 1. The number of aromatic nitrogens is 2. The van der Waals surface area contributed by atoms with Crippen LogP contribution >= 0.6 is 11.6 Å². The Balaban J connectivity index is 1.71. The third-order valence-corrected chi connectivity index (χ3v) is 4.31. The number of benzene rings is 2. The summed E-state index contributed by atoms with van der Waals surface area (Å²) in [6.07, 6.45) is 0. The number of carbonyl (C=O) groups excluding carboxylic acids is 1. The fraction of sp³-hybridized carbons (Fsp3) is 0.238. The van der Waals surface area contributed by atoms with Crippen molar-refractivity contribution in [2.45, 2.75) is 26.4 Å². The van der Waals surface area contributed by atoms with Gasteiger partial charge in [-0.15, -0.1) is 0 Å². The van der Waals surface area contributed by atoms with E-state index in [2.05, 4.69) is 16.5 Å². The first-order valence-electron chi connectivity index (χ1n) is 8.71. The first kappa shape index (κ1) is 19.0. The zero-order chi connectivity index (χ0) is 19.4. The molecule has 1 amide bonds. The summed E-state index contributed by atoms with van der Waals surface area (Å²) in [6, 6.07) is 14.5. The smallest absolute Gasteiger partial charge is 0.258 e. The number of allylic oxidation sites excluding steroid dienone is 1. The van der Waals surface area contributed by atoms with Crippen LogP contribution < -0.4 is 10.1 Å². The molecule has 140 valence electrons. The lowest BCUT2D eigenvalue weighted by molar-refractivity contribution is -0.123. The topological polar surface area (TPSA) is 56.2 Å². The summed E-state index contributed by atoms with van der Waals surface area (Å²) in [5.74, 6) is 1.17. The van der Waals surface area contributed by atoms with E-state index in [0.29, 0.717) is 17.3 Å². The molecule has 0 aliphatic heterocycles. The fourth-order valence-corrected chi connectivity index (χ4v) is 3.01. The maximum atomic E-state index is 12.3. The number of hydrogen-bond donors (Lipinski definition) is 1. The number of nitrogens with one attached hydrogen (secondary N) is 1. The van der Waals surface area contributed by atoms with Gasteiger partial charge < -0.3 is 14.6 Å². The predicted molar refractivity (Wildman–Crippen MR) is 108 cm³/mol. The molecule has 2 aromatic carbocycles. The number of rotatable bonds is 7. The highest BCUT2D eigenvalue weighted by Gasteiger charge is 2.18. The standard InChI is InChI=1S/C21H22ClN3O2/c1-14(2)12-25-19-7-5-4-6-18(19)24-21(25)15(3)23-20(26)13-27-17-10-8-16(22)9-11-17/h4-11,15H,1,12-13H2,2-3H3,(H,23,26). The Kier molecular flexibility index (Phi) is 5.81. The van der Waals surface area contributed by atoms with Crippen LogP contribution in [0.2, 0.25) is 5.02 Å². The molecule has 0 saturated heterocycles. The Labute approximate surface area is 163 Å². The maximum absolute atomic E-state index is 12.3. The average Bonchev–Trinajstić information content (AvgIpc) is 2.99. The van der Waals surface area contributed by atoms with Gasteiger partial charge in [0, 0.05) is 11.6 Å². The molecule has 1 N–H and O–H groups in total. The molecule has 0 bridgehead atoms. The van der Waals surface area contributed by atoms with Crippen molar-refractivity contribution in [1.82, 2.24) is 14.9 Å². The molecule has 0 radical (unpaired) electrons. The van der Waals surface area contributed by atoms with Gasteiger partial charge in [-0.1, -0.05) is 35.9 Å². The summed E-state index contributed by atoms with van der Waals surface area (Å²) in [7, 11) is 0. The molecule has 0 aliphatic rings. The minimum atomic E-state index is -0.266. The quantitative estimate of drug-likeness (QED) is 0.610. The minimum absolute atomic E-state index is 0.0767. The Morgan fingerprint density at radius 1 is 1.26 bits per heavy atom. The number of amides is 1. The van der Waals surface area contributed by atoms with Gasteiger partial charge >= 0.3 is 0 Å². The summed E-state index contributed by atoms with van der Waals surface area (Å²) in [4.78, 5) is 17.0. The molecule has 0 aliphatic carbocycles. The predicted octanol–water partition coefficient (Wildman–Crippen LogP) is 4.52. The Morgan fingerprint density at radius 3 is 2.67 bits per heavy atom. The second-order valence-corrected chi connectivity index (χ2v) is 6.97. The van der Waals surface area contributed by atoms with Crippen LogP contribution in [0.25, 0.3) is 11.0 Å². The second-order valence-electron chi connectivity index (χ2n) is 6.53. The van der Waals surface area contributed by atoms with Gasteiger partial charge in [-0.2, -0.15) is 0 Å². The van der Waals surface area contributed by atoms with Gasteiger partial charge in [-0.3, -0.25) is 4.79 Å². The lowest BCUT2D eigenvalue weighted by Crippen LogP contribution is -2.32. The molecule has 1 heterocycles. The number of nitrogens with zero attached hydrogens (tertiary/aromatic N) is 2. The summed E-state index contributed by atoms with van der Waals surface area (Å²) < 4.78 is 7.59. The van der Waals surface area contributed by atoms with Crippen LogP contribution in [0.4, 0.5) is 0 Å². The lowest BCUT2D eigenvalue weighted by atomic mass is 10.2. The molecule has 1 atom stereocenters. The number of para-hydroxylation sites is 2. The van der Waals surface area contributed by atoms with Crippen LogP contribution in [-0.2, 0) is 11.3 Å². The van der Waals surface area contributed by atoms with Crippen LogP contribution in [0.15, 0.2) is 60.7 Å². The number of halogens is 1. The van der Waals surface area contributed by atoms with Crippen LogP contribution in [0, 0.1) is 0 Å². The summed E-state index contributed by atoms with van der Waals surface area (Å²) in [5, 5.41) is 3.57. The fourth-order valence-electron chi connectivity index (χ4n) is 2.89. The molecule has 3 rings (SSSR count). The minimum Gasteiger partial charge on any atom is -0.484 e. The number of hydrogen-bond acceptors (Lipinski definition) is 3. The van der Waals surface area contributed by atoms with Gasteiger partial charge in [0.2, 0.25) is 0 Å². The van der Waals surface area contributed by atoms with Crippen LogP contribution in [-0.4, -0.2) is 22.1 Å². The number of carbonyl (C=O) groups is 1. The van der Waals surface area contributed by atoms with E-state index in [1.54, 1.807) is 24.3 Å². The monoisotopic (exact) mass is 383 g/mol. The molecule has 1 unspecified atom stereocenters. The van der Waals surface area contributed by atoms with Crippen molar-refractivity contribution in [3.63, 3.8) is 0 Å². The van der Waals surface area contributed by atoms with Gasteiger partial charge in [0.15, 0.2) is 6.61 Å². The largest absolute Gasteiger partial charge is 0.484 e. The van der Waals surface area contributed by atoms with E-state index in [-0.39, 0.29) is 18.6 Å². The van der Waals surface area contributed by atoms with Crippen LogP contribution in [0.5, 0.6) is 5.75 Å². The van der Waals surface area contributed by atoms with E-state index in [9.17, 15) is 4.79 Å². The summed E-state index contributed by atoms with van der Waals surface area (Å²) in [5.41, 5.74) is 2.94. The first-order valence-corrected chi connectivity index (χ1v) is 9.09. The first-order chi connectivity index (χ1) is 12.9. The Hall–Kier alpha value is -2.79. The van der Waals surface area contributed by atoms with E-state index in [4.69, 9.17) is 21.3 Å². The van der Waals surface area contributed by atoms with Gasteiger partial charge in [-0.05, 0) is 50.2 Å². The van der Waals surface area contributed by atoms with Crippen molar-refractivity contribution in [2.75, 3.05) is 6.61 Å². The molecule has 3 aromatic rings. The third-order valence-electron chi connectivity index (χ3n) is 4.06. The second kappa shape index (κ2) is 8.27. The lowest BCUT2D eigenvalue weighted by Gasteiger charge is -2.16. The van der Waals surface area contributed by atoms with Gasteiger partial charge in [-0.25, -0.2) is 4.98 Å². The molecule has 5 nitrogen and oxygen atoms in total. The van der Waals surface area contributed by atoms with Gasteiger partial charge in [0.25, 0.3) is 5.91 Å². The van der Waals surface area contributed by atoms with Gasteiger partial charge in [0.1, 0.15) is 11.6 Å². The van der Waals surface area contributed by atoms with Crippen molar-refractivity contribution in [3.8, 4) is 5.75 Å². The van der Waals surface area contributed by atoms with Gasteiger partial charge in [0.05, 0.1) is 17.1 Å². The molecule has 6 heteroatoms. The van der Waals surface area contributed by atoms with E-state index in [1.165, 1.54) is 0 Å². The van der Waals surface area contributed by atoms with Crippen molar-refractivity contribution >= 4 is 28.5 Å². The molecule has 0 fully saturated rings. The van der Waals surface area contributed by atoms with Crippen LogP contribution in [0.3, 0.4) is 0 Å². The normalized spacial score (nSPS) is 12.0. The van der Waals surface area contributed by atoms with E-state index < -0.39 is 0 Å². The molecular formula is C21H22ClN3O2. The molecule has 0 saturated carbocycles. The van der Waals surface area contributed by atoms with E-state index in [1.807, 2.05) is 38.1 Å². The zero-order valence-corrected chi connectivity index (χ0v) is 16.2. The number of imidazole rings is 1. The van der Waals surface area contributed by atoms with Crippen LogP contribution in [0.1, 0.15) is 25.7 Å². The SMILES string of the molecule is C=C(C)Cn1c(C(C)NC(=O)COc2ccc(Cl)cc2)nc2ccccc21. The van der Waals surface area contributed by atoms with E-state index >= 15 is 0 Å². The highest BCUT2D eigenvalue weighted by atomic mass is 35.5. The molecule has 1 aromatic heterocycles. The average molecular weight is 384 g/mol. The molecule has 27 heavy (non-hydrogen) atoms. The van der Waals surface area contributed by atoms with Crippen molar-refractivity contribution < 1.29 is 9.53 Å². The third kappa shape index (κ3) is 4.68. The van der Waals surface area contributed by atoms with E-state index in [0.717, 1.165) is 22.4 Å². The van der Waals surface area contributed by atoms with Crippen molar-refractivity contribution in [3.05, 3.63) is 71.5 Å². The highest BCUT2D eigenvalue weighted by Crippen LogP contribution is 2.22. The van der Waals surface area contributed by atoms with Crippen molar-refractivity contribution in [1.29, 1.82) is 0 Å². The highest BCUT2D eigenvalue weighted by molar-refractivity contribution is 6.30. The Bertz CT molecular complexity index is 963. The zero-order valence-electron chi connectivity index (χ0n) is 15.4. The molecular weight excluding hydrogens is 362 g/mol. The van der Waals surface area contributed by atoms with Crippen molar-refractivity contribution in [2.24, 2.45) is 0 Å². The summed E-state index contributed by atoms with van der Waals surface area (Å²) in [6.45, 7) is 8.46. The number of fused-ring (bicyclic) bond motifs is 1. The Morgan fingerprint density at radius 2 is 1.96 bits per heavy atom. The molecule has 0 spiro atoms.